The Morgan fingerprint density at radius 1 is 1.27 bits per heavy atom. The fourth-order valence-electron chi connectivity index (χ4n) is 2.31. The highest BCUT2D eigenvalue weighted by Gasteiger charge is 2.29. The van der Waals surface area contributed by atoms with Crippen LogP contribution in [-0.2, 0) is 0 Å². The first kappa shape index (κ1) is 9.44. The van der Waals surface area contributed by atoms with Gasteiger partial charge in [-0.1, -0.05) is 27.2 Å². The molecule has 0 heterocycles. The largest absolute Gasteiger partial charge is 0.176 e. The van der Waals surface area contributed by atoms with Gasteiger partial charge in [-0.15, -0.1) is 0 Å². The maximum atomic E-state index is 4.61. The van der Waals surface area contributed by atoms with Gasteiger partial charge in [0.05, 0.1) is 0 Å². The van der Waals surface area contributed by atoms with Crippen molar-refractivity contribution in [2.45, 2.75) is 45.3 Å². The van der Waals surface area contributed by atoms with E-state index >= 15 is 0 Å². The van der Waals surface area contributed by atoms with Crippen LogP contribution >= 0.6 is 12.6 Å². The monoisotopic (exact) mass is 172 g/mol. The lowest BCUT2D eigenvalue weighted by atomic mass is 9.74. The van der Waals surface area contributed by atoms with Crippen molar-refractivity contribution >= 4 is 12.6 Å². The fraction of sp³-hybridized carbons (Fsp3) is 1.00. The van der Waals surface area contributed by atoms with E-state index in [0.29, 0.717) is 5.25 Å². The summed E-state index contributed by atoms with van der Waals surface area (Å²) in [4.78, 5) is 0. The van der Waals surface area contributed by atoms with Crippen LogP contribution in [0.4, 0.5) is 0 Å². The third kappa shape index (κ3) is 2.14. The van der Waals surface area contributed by atoms with Gasteiger partial charge in [-0.3, -0.25) is 0 Å². The molecule has 0 spiro atoms. The molecule has 0 aliphatic heterocycles. The van der Waals surface area contributed by atoms with Crippen molar-refractivity contribution in [3.8, 4) is 0 Å². The Morgan fingerprint density at radius 2 is 1.91 bits per heavy atom. The SMILES string of the molecule is CC(C)C1CCCC(S)C1C. The molecular formula is C10H20S. The zero-order valence-electron chi connectivity index (χ0n) is 7.88. The summed E-state index contributed by atoms with van der Waals surface area (Å²) in [6, 6.07) is 0. The van der Waals surface area contributed by atoms with Crippen LogP contribution in [0.1, 0.15) is 40.0 Å². The van der Waals surface area contributed by atoms with Gasteiger partial charge in [0.25, 0.3) is 0 Å². The van der Waals surface area contributed by atoms with E-state index in [4.69, 9.17) is 0 Å². The third-order valence-electron chi connectivity index (χ3n) is 3.18. The van der Waals surface area contributed by atoms with Crippen molar-refractivity contribution in [2.75, 3.05) is 0 Å². The molecule has 3 atom stereocenters. The van der Waals surface area contributed by atoms with E-state index < -0.39 is 0 Å². The second kappa shape index (κ2) is 3.84. The predicted octanol–water partition coefficient (Wildman–Crippen LogP) is 3.38. The predicted molar refractivity (Wildman–Crippen MR) is 54.1 cm³/mol. The lowest BCUT2D eigenvalue weighted by Gasteiger charge is -2.36. The first-order valence-electron chi connectivity index (χ1n) is 4.81. The van der Waals surface area contributed by atoms with Crippen LogP contribution in [0.25, 0.3) is 0 Å². The molecule has 1 heteroatoms. The minimum atomic E-state index is 0.663. The molecular weight excluding hydrogens is 152 g/mol. The van der Waals surface area contributed by atoms with Crippen LogP contribution in [0.5, 0.6) is 0 Å². The highest BCUT2D eigenvalue weighted by Crippen LogP contribution is 2.37. The molecule has 0 N–H and O–H groups in total. The summed E-state index contributed by atoms with van der Waals surface area (Å²) in [5.74, 6) is 2.60. The molecule has 0 bridgehead atoms. The molecule has 1 aliphatic carbocycles. The van der Waals surface area contributed by atoms with E-state index in [1.165, 1.54) is 19.3 Å². The normalized spacial score (nSPS) is 39.5. The Kier molecular flexibility index (Phi) is 3.29. The minimum absolute atomic E-state index is 0.663. The van der Waals surface area contributed by atoms with Crippen molar-refractivity contribution in [2.24, 2.45) is 17.8 Å². The molecule has 1 aliphatic rings. The molecule has 0 aromatic heterocycles. The van der Waals surface area contributed by atoms with Crippen molar-refractivity contribution in [3.63, 3.8) is 0 Å². The Bertz CT molecular complexity index is 120. The molecule has 0 aromatic carbocycles. The molecule has 1 saturated carbocycles. The van der Waals surface area contributed by atoms with E-state index in [1.807, 2.05) is 0 Å². The fourth-order valence-corrected chi connectivity index (χ4v) is 2.72. The van der Waals surface area contributed by atoms with E-state index in [0.717, 1.165) is 17.8 Å². The summed E-state index contributed by atoms with van der Waals surface area (Å²) in [5, 5.41) is 0.663. The van der Waals surface area contributed by atoms with Gasteiger partial charge in [-0.25, -0.2) is 0 Å². The zero-order valence-corrected chi connectivity index (χ0v) is 8.77. The average Bonchev–Trinajstić information content (AvgIpc) is 1.94. The van der Waals surface area contributed by atoms with Crippen molar-refractivity contribution in [1.82, 2.24) is 0 Å². The average molecular weight is 172 g/mol. The Balaban J connectivity index is 2.51. The Morgan fingerprint density at radius 3 is 2.36 bits per heavy atom. The Hall–Kier alpha value is 0.350. The summed E-state index contributed by atoms with van der Waals surface area (Å²) in [6.07, 6.45) is 4.14. The maximum absolute atomic E-state index is 4.61. The highest BCUT2D eigenvalue weighted by atomic mass is 32.1. The number of hydrogen-bond donors (Lipinski definition) is 1. The quantitative estimate of drug-likeness (QED) is 0.576. The summed E-state index contributed by atoms with van der Waals surface area (Å²) < 4.78 is 0. The summed E-state index contributed by atoms with van der Waals surface area (Å²) in [5.41, 5.74) is 0. The lowest BCUT2D eigenvalue weighted by Crippen LogP contribution is -2.29. The molecule has 66 valence electrons. The first-order chi connectivity index (χ1) is 5.13. The molecule has 3 unspecified atom stereocenters. The van der Waals surface area contributed by atoms with Crippen molar-refractivity contribution in [3.05, 3.63) is 0 Å². The van der Waals surface area contributed by atoms with Gasteiger partial charge in [0.2, 0.25) is 0 Å². The van der Waals surface area contributed by atoms with Crippen LogP contribution in [-0.4, -0.2) is 5.25 Å². The molecule has 1 fully saturated rings. The first-order valence-corrected chi connectivity index (χ1v) is 5.32. The van der Waals surface area contributed by atoms with E-state index in [9.17, 15) is 0 Å². The van der Waals surface area contributed by atoms with Gasteiger partial charge < -0.3 is 0 Å². The van der Waals surface area contributed by atoms with Crippen LogP contribution < -0.4 is 0 Å². The number of rotatable bonds is 1. The highest BCUT2D eigenvalue weighted by molar-refractivity contribution is 7.81. The molecule has 0 saturated heterocycles. The molecule has 0 aromatic rings. The molecule has 0 radical (unpaired) electrons. The lowest BCUT2D eigenvalue weighted by molar-refractivity contribution is 0.203. The Labute approximate surface area is 76.2 Å². The summed E-state index contributed by atoms with van der Waals surface area (Å²) in [7, 11) is 0. The van der Waals surface area contributed by atoms with Crippen LogP contribution in [0.15, 0.2) is 0 Å². The smallest absolute Gasteiger partial charge is 0.00451 e. The summed E-state index contributed by atoms with van der Waals surface area (Å²) in [6.45, 7) is 7.04. The van der Waals surface area contributed by atoms with E-state index in [1.54, 1.807) is 0 Å². The van der Waals surface area contributed by atoms with Gasteiger partial charge in [0.15, 0.2) is 0 Å². The molecule has 0 amide bonds. The van der Waals surface area contributed by atoms with Crippen molar-refractivity contribution < 1.29 is 0 Å². The van der Waals surface area contributed by atoms with Gasteiger partial charge >= 0.3 is 0 Å². The number of hydrogen-bond acceptors (Lipinski definition) is 1. The minimum Gasteiger partial charge on any atom is -0.176 e. The number of thiol groups is 1. The van der Waals surface area contributed by atoms with Gasteiger partial charge in [-0.2, -0.15) is 12.6 Å². The van der Waals surface area contributed by atoms with Crippen LogP contribution in [0.2, 0.25) is 0 Å². The third-order valence-corrected chi connectivity index (χ3v) is 3.90. The molecule has 11 heavy (non-hydrogen) atoms. The van der Waals surface area contributed by atoms with E-state index in [2.05, 4.69) is 33.4 Å². The standard InChI is InChI=1S/C10H20S/c1-7(2)9-5-4-6-10(11)8(9)3/h7-11H,4-6H2,1-3H3. The maximum Gasteiger partial charge on any atom is 0.00451 e. The zero-order chi connectivity index (χ0) is 8.43. The second-order valence-electron chi connectivity index (χ2n) is 4.27. The summed E-state index contributed by atoms with van der Waals surface area (Å²) >= 11 is 4.61. The van der Waals surface area contributed by atoms with Crippen LogP contribution in [0, 0.1) is 17.8 Å². The molecule has 0 nitrogen and oxygen atoms in total. The van der Waals surface area contributed by atoms with Crippen LogP contribution in [0.3, 0.4) is 0 Å². The van der Waals surface area contributed by atoms with Crippen molar-refractivity contribution in [1.29, 1.82) is 0 Å². The second-order valence-corrected chi connectivity index (χ2v) is 4.93. The topological polar surface area (TPSA) is 0 Å². The van der Waals surface area contributed by atoms with Gasteiger partial charge in [0.1, 0.15) is 0 Å². The van der Waals surface area contributed by atoms with Gasteiger partial charge in [-0.05, 0) is 30.6 Å². The van der Waals surface area contributed by atoms with E-state index in [-0.39, 0.29) is 0 Å². The van der Waals surface area contributed by atoms with Gasteiger partial charge in [0, 0.05) is 5.25 Å². The molecule has 1 rings (SSSR count).